The minimum Gasteiger partial charge on any atom is -0.378 e. The molecule has 3 N–H and O–H groups in total. The zero-order valence-electron chi connectivity index (χ0n) is 16.5. The summed E-state index contributed by atoms with van der Waals surface area (Å²) in [5, 5.41) is 7.30. The molecule has 0 aliphatic carbocycles. The van der Waals surface area contributed by atoms with Crippen molar-refractivity contribution in [1.82, 2.24) is 18.9 Å². The molecule has 1 aliphatic rings. The van der Waals surface area contributed by atoms with Crippen LogP contribution in [0.2, 0.25) is 0 Å². The lowest BCUT2D eigenvalue weighted by atomic mass is 10.0. The number of fused-ring (bicyclic) bond motifs is 1. The van der Waals surface area contributed by atoms with Gasteiger partial charge in [-0.1, -0.05) is 0 Å². The first-order chi connectivity index (χ1) is 14.7. The normalized spacial score (nSPS) is 19.7. The Hall–Kier alpha value is -3.12. The molecule has 164 valence electrons. The van der Waals surface area contributed by atoms with Crippen LogP contribution in [-0.2, 0) is 10.0 Å². The molecule has 9 nitrogen and oxygen atoms in total. The van der Waals surface area contributed by atoms with Crippen molar-refractivity contribution in [2.45, 2.75) is 6.04 Å². The van der Waals surface area contributed by atoms with Crippen LogP contribution >= 0.6 is 0 Å². The van der Waals surface area contributed by atoms with Crippen LogP contribution in [0, 0.1) is 11.9 Å². The third kappa shape index (κ3) is 4.08. The van der Waals surface area contributed by atoms with Gasteiger partial charge in [0.2, 0.25) is 16.0 Å². The van der Waals surface area contributed by atoms with Crippen molar-refractivity contribution in [3.05, 3.63) is 48.3 Å². The predicted molar refractivity (Wildman–Crippen MR) is 110 cm³/mol. The van der Waals surface area contributed by atoms with Crippen molar-refractivity contribution >= 4 is 27.1 Å². The smallest absolute Gasteiger partial charge is 0.252 e. The number of aromatic nitrogens is 3. The number of nitrogens with two attached hydrogens (primary N) is 1. The summed E-state index contributed by atoms with van der Waals surface area (Å²) in [7, 11) is -3.50. The van der Waals surface area contributed by atoms with Crippen LogP contribution in [0.4, 0.5) is 14.5 Å². The molecule has 0 spiro atoms. The summed E-state index contributed by atoms with van der Waals surface area (Å²) < 4.78 is 53.7. The molecule has 31 heavy (non-hydrogen) atoms. The van der Waals surface area contributed by atoms with Crippen molar-refractivity contribution in [2.75, 3.05) is 31.3 Å². The molecule has 0 aromatic carbocycles. The van der Waals surface area contributed by atoms with Crippen LogP contribution in [0.1, 0.15) is 10.4 Å². The number of pyridine rings is 1. The van der Waals surface area contributed by atoms with Gasteiger partial charge >= 0.3 is 0 Å². The van der Waals surface area contributed by atoms with E-state index in [4.69, 9.17) is 5.73 Å². The maximum absolute atomic E-state index is 13.6. The van der Waals surface area contributed by atoms with Gasteiger partial charge in [-0.15, -0.1) is 0 Å². The van der Waals surface area contributed by atoms with E-state index in [0.29, 0.717) is 22.3 Å². The monoisotopic (exact) mass is 450 g/mol. The summed E-state index contributed by atoms with van der Waals surface area (Å²) in [6.45, 7) is -0.661. The van der Waals surface area contributed by atoms with Gasteiger partial charge in [-0.3, -0.25) is 9.18 Å². The molecule has 4 heterocycles. The van der Waals surface area contributed by atoms with Crippen LogP contribution < -0.4 is 11.1 Å². The highest BCUT2D eigenvalue weighted by atomic mass is 32.2. The molecular formula is C19H20F2N6O3S. The quantitative estimate of drug-likeness (QED) is 0.546. The van der Waals surface area contributed by atoms with Crippen molar-refractivity contribution < 1.29 is 22.0 Å². The fourth-order valence-corrected chi connectivity index (χ4v) is 4.64. The Bertz CT molecular complexity index is 1260. The van der Waals surface area contributed by atoms with Gasteiger partial charge in [0, 0.05) is 49.1 Å². The highest BCUT2D eigenvalue weighted by molar-refractivity contribution is 7.88. The van der Waals surface area contributed by atoms with E-state index >= 15 is 0 Å². The Morgan fingerprint density at radius 3 is 2.74 bits per heavy atom. The number of rotatable bonds is 6. The number of amides is 1. The number of carbonyl (C=O) groups is 1. The molecule has 1 amide bonds. The fourth-order valence-electron chi connectivity index (χ4n) is 3.74. The summed E-state index contributed by atoms with van der Waals surface area (Å²) in [5.74, 6) is -1.99. The zero-order chi connectivity index (χ0) is 22.3. The highest BCUT2D eigenvalue weighted by Crippen LogP contribution is 2.31. The summed E-state index contributed by atoms with van der Waals surface area (Å²) in [4.78, 5) is 15.6. The van der Waals surface area contributed by atoms with E-state index < -0.39 is 40.5 Å². The van der Waals surface area contributed by atoms with Crippen LogP contribution in [0.15, 0.2) is 36.8 Å². The SMILES string of the molecule is CS(=O)(=O)N1C[C@H](CF)[C@H](Nc2c(C(N)=O)cnn3cc(-c4ccnc(F)c4)cc23)C1. The Morgan fingerprint density at radius 1 is 1.32 bits per heavy atom. The Kier molecular flexibility index (Phi) is 5.35. The van der Waals surface area contributed by atoms with Gasteiger partial charge in [0.1, 0.15) is 0 Å². The van der Waals surface area contributed by atoms with Gasteiger partial charge in [0.15, 0.2) is 0 Å². The first kappa shape index (κ1) is 21.1. The van der Waals surface area contributed by atoms with Gasteiger partial charge in [-0.05, 0) is 17.7 Å². The number of sulfonamides is 1. The average molecular weight is 450 g/mol. The molecule has 12 heteroatoms. The van der Waals surface area contributed by atoms with E-state index in [9.17, 15) is 22.0 Å². The van der Waals surface area contributed by atoms with Gasteiger partial charge in [0.25, 0.3) is 5.91 Å². The number of hydrogen-bond acceptors (Lipinski definition) is 6. The van der Waals surface area contributed by atoms with Gasteiger partial charge in [-0.2, -0.15) is 13.8 Å². The first-order valence-corrected chi connectivity index (χ1v) is 11.2. The predicted octanol–water partition coefficient (Wildman–Crippen LogP) is 1.28. The molecule has 0 unspecified atom stereocenters. The molecule has 1 aliphatic heterocycles. The molecule has 0 bridgehead atoms. The van der Waals surface area contributed by atoms with Crippen molar-refractivity contribution in [2.24, 2.45) is 11.7 Å². The van der Waals surface area contributed by atoms with E-state index in [-0.39, 0.29) is 18.7 Å². The summed E-state index contributed by atoms with van der Waals surface area (Å²) >= 11 is 0. The minimum atomic E-state index is -3.50. The number of primary amides is 1. The topological polar surface area (TPSA) is 123 Å². The molecule has 0 radical (unpaired) electrons. The van der Waals surface area contributed by atoms with E-state index in [2.05, 4.69) is 15.4 Å². The van der Waals surface area contributed by atoms with Gasteiger partial charge in [-0.25, -0.2) is 17.9 Å². The Labute approximate surface area is 176 Å². The molecular weight excluding hydrogens is 430 g/mol. The minimum absolute atomic E-state index is 0.0306. The second kappa shape index (κ2) is 7.85. The van der Waals surface area contributed by atoms with Gasteiger partial charge < -0.3 is 11.1 Å². The standard InChI is InChI=1S/C19H20F2N6O3S/c1-31(29,30)26-8-13(6-20)15(10-26)25-18-14(19(22)28)7-24-27-9-12(4-16(18)27)11-2-3-23-17(21)5-11/h2-5,7,9,13,15,25H,6,8,10H2,1H3,(H2,22,28)/t13-,15+/m0/s1. The number of carbonyl (C=O) groups excluding carboxylic acids is 1. The summed E-state index contributed by atoms with van der Waals surface area (Å²) in [5.41, 5.74) is 7.52. The highest BCUT2D eigenvalue weighted by Gasteiger charge is 2.37. The molecule has 3 aromatic heterocycles. The van der Waals surface area contributed by atoms with Crippen LogP contribution in [0.5, 0.6) is 0 Å². The molecule has 1 saturated heterocycles. The van der Waals surface area contributed by atoms with Gasteiger partial charge in [0.05, 0.1) is 35.9 Å². The maximum atomic E-state index is 13.6. The lowest BCUT2D eigenvalue weighted by molar-refractivity contribution is 0.100. The van der Waals surface area contributed by atoms with Crippen molar-refractivity contribution in [3.8, 4) is 11.1 Å². The lowest BCUT2D eigenvalue weighted by Crippen LogP contribution is -2.32. The average Bonchev–Trinajstić information content (AvgIpc) is 3.32. The Balaban J connectivity index is 1.78. The third-order valence-corrected chi connectivity index (χ3v) is 6.60. The van der Waals surface area contributed by atoms with E-state index in [0.717, 1.165) is 6.26 Å². The number of anilines is 1. The van der Waals surface area contributed by atoms with Crippen LogP contribution in [0.25, 0.3) is 16.6 Å². The first-order valence-electron chi connectivity index (χ1n) is 9.38. The second-order valence-electron chi connectivity index (χ2n) is 7.47. The molecule has 0 saturated carbocycles. The van der Waals surface area contributed by atoms with Crippen LogP contribution in [-0.4, -0.2) is 65.3 Å². The zero-order valence-corrected chi connectivity index (χ0v) is 17.3. The molecule has 3 aromatic rings. The van der Waals surface area contributed by atoms with Crippen LogP contribution in [0.3, 0.4) is 0 Å². The fraction of sp³-hybridized carbons (Fsp3) is 0.316. The van der Waals surface area contributed by atoms with Crippen molar-refractivity contribution in [3.63, 3.8) is 0 Å². The molecule has 1 fully saturated rings. The molecule has 4 rings (SSSR count). The summed E-state index contributed by atoms with van der Waals surface area (Å²) in [6.07, 6.45) is 5.32. The summed E-state index contributed by atoms with van der Waals surface area (Å²) in [6, 6.07) is 3.99. The molecule has 2 atom stereocenters. The number of alkyl halides is 1. The number of nitrogens with one attached hydrogen (secondary N) is 1. The number of nitrogens with zero attached hydrogens (tertiary/aromatic N) is 4. The number of halogens is 2. The Morgan fingerprint density at radius 2 is 2.10 bits per heavy atom. The second-order valence-corrected chi connectivity index (χ2v) is 9.45. The lowest BCUT2D eigenvalue weighted by Gasteiger charge is -2.21. The van der Waals surface area contributed by atoms with Crippen molar-refractivity contribution in [1.29, 1.82) is 0 Å². The number of hydrogen-bond donors (Lipinski definition) is 2. The largest absolute Gasteiger partial charge is 0.378 e. The van der Waals surface area contributed by atoms with E-state index in [1.807, 2.05) is 0 Å². The maximum Gasteiger partial charge on any atom is 0.252 e. The third-order valence-electron chi connectivity index (χ3n) is 5.37. The van der Waals surface area contributed by atoms with E-state index in [1.165, 1.54) is 27.3 Å². The van der Waals surface area contributed by atoms with E-state index in [1.54, 1.807) is 18.3 Å².